The number of phenols is 6. The van der Waals surface area contributed by atoms with Crippen molar-refractivity contribution in [1.82, 2.24) is 36.8 Å². The second-order valence-corrected chi connectivity index (χ2v) is 25.4. The quantitative estimate of drug-likeness (QED) is 0.0744. The van der Waals surface area contributed by atoms with Crippen LogP contribution in [-0.2, 0) is 53.1 Å². The van der Waals surface area contributed by atoms with E-state index in [2.05, 4.69) is 31.9 Å². The van der Waals surface area contributed by atoms with E-state index < -0.39 is 152 Å². The highest BCUT2D eigenvalue weighted by atomic mass is 35.5. The van der Waals surface area contributed by atoms with Crippen molar-refractivity contribution < 1.29 is 88.6 Å². The lowest BCUT2D eigenvalue weighted by atomic mass is 9.88. The Morgan fingerprint density at radius 3 is 1.78 bits per heavy atom. The van der Waals surface area contributed by atoms with Crippen molar-refractivity contribution >= 4 is 64.6 Å². The van der Waals surface area contributed by atoms with Gasteiger partial charge in [0.15, 0.2) is 29.0 Å². The van der Waals surface area contributed by atoms with E-state index in [1.54, 1.807) is 11.9 Å². The number of nitrogens with one attached hydrogen (secondary N) is 6. The van der Waals surface area contributed by atoms with Gasteiger partial charge in [-0.2, -0.15) is 0 Å². The van der Waals surface area contributed by atoms with Crippen molar-refractivity contribution in [2.75, 3.05) is 7.05 Å². The Bertz CT molecular complexity index is 4910. The summed E-state index contributed by atoms with van der Waals surface area (Å²) in [6, 6.07) is 24.7. The van der Waals surface area contributed by atoms with E-state index in [1.807, 2.05) is 54.6 Å². The summed E-state index contributed by atoms with van der Waals surface area (Å²) in [4.78, 5) is 107. The van der Waals surface area contributed by atoms with Gasteiger partial charge in [0.05, 0.1) is 15.6 Å². The van der Waals surface area contributed by atoms with E-state index in [0.29, 0.717) is 5.56 Å². The maximum Gasteiger partial charge on any atom is 0.330 e. The molecule has 0 spiro atoms. The number of phenolic OH excluding ortho intramolecular Hbond substituents is 6. The third-order valence-electron chi connectivity index (χ3n) is 17.7. The highest BCUT2D eigenvalue weighted by Gasteiger charge is 2.42. The van der Waals surface area contributed by atoms with Crippen molar-refractivity contribution in [1.29, 1.82) is 0 Å². The molecule has 6 aliphatic rings. The Morgan fingerprint density at radius 2 is 1.11 bits per heavy atom. The number of hydrogen-bond donors (Lipinski definition) is 15. The van der Waals surface area contributed by atoms with Crippen LogP contribution in [-0.4, -0.2) is 106 Å². The van der Waals surface area contributed by atoms with Gasteiger partial charge in [0, 0.05) is 42.3 Å². The number of carboxylic acid groups (broad SMARTS) is 1. The molecule has 6 heterocycles. The molecule has 1 unspecified atom stereocenters. The van der Waals surface area contributed by atoms with Gasteiger partial charge >= 0.3 is 5.97 Å². The van der Waals surface area contributed by atoms with Crippen molar-refractivity contribution in [2.45, 2.75) is 67.9 Å². The Kier molecular flexibility index (Phi) is 18.3. The first-order valence-electron chi connectivity index (χ1n) is 31.2. The first-order valence-corrected chi connectivity index (χ1v) is 32.0. The van der Waals surface area contributed by atoms with Gasteiger partial charge < -0.3 is 92.7 Å². The highest BCUT2D eigenvalue weighted by Crippen LogP contribution is 2.50. The van der Waals surface area contributed by atoms with Crippen LogP contribution < -0.4 is 51.8 Å². The summed E-state index contributed by atoms with van der Waals surface area (Å²) in [5, 5.41) is 109. The molecule has 9 aromatic rings. The monoisotopic (exact) mass is 1410 g/mol. The summed E-state index contributed by atoms with van der Waals surface area (Å²) in [7, 11) is 1.68. The number of aromatic hydroxyl groups is 6. The lowest BCUT2D eigenvalue weighted by molar-refractivity contribution is -0.143. The molecule has 17 bridgehead atoms. The number of halogens is 2. The minimum Gasteiger partial charge on any atom is -0.508 e. The topological polar surface area (TPSA) is 410 Å². The summed E-state index contributed by atoms with van der Waals surface area (Å²) in [5.41, 5.74) is 6.96. The molecule has 0 fully saturated rings. The summed E-state index contributed by atoms with van der Waals surface area (Å²) in [6.07, 6.45) is -2.52. The zero-order valence-electron chi connectivity index (χ0n) is 52.8. The largest absolute Gasteiger partial charge is 0.508 e. The van der Waals surface area contributed by atoms with E-state index >= 15 is 24.0 Å². The number of rotatable bonds is 6. The minimum absolute atomic E-state index is 0.116. The summed E-state index contributed by atoms with van der Waals surface area (Å²) in [6.45, 7) is 0.00790. The number of aliphatic hydroxyl groups is 1. The van der Waals surface area contributed by atoms with Crippen LogP contribution in [0.1, 0.15) is 86.4 Å². The molecule has 0 saturated carbocycles. The Balaban J connectivity index is 0.981. The molecule has 101 heavy (non-hydrogen) atoms. The number of nitrogens with two attached hydrogens (primary N) is 1. The zero-order chi connectivity index (χ0) is 71.4. The van der Waals surface area contributed by atoms with Gasteiger partial charge in [-0.1, -0.05) is 102 Å². The molecule has 6 amide bonds. The van der Waals surface area contributed by atoms with E-state index in [0.717, 1.165) is 71.3 Å². The predicted octanol–water partition coefficient (Wildman–Crippen LogP) is 8.28. The third-order valence-corrected chi connectivity index (χ3v) is 18.3. The first kappa shape index (κ1) is 67.5. The van der Waals surface area contributed by atoms with E-state index in [1.165, 1.54) is 54.6 Å². The fourth-order valence-corrected chi connectivity index (χ4v) is 13.0. The summed E-state index contributed by atoms with van der Waals surface area (Å²) >= 11 is 13.8. The number of nitrogens with zero attached hydrogens (tertiary/aromatic N) is 1. The lowest BCUT2D eigenvalue weighted by Gasteiger charge is -2.31. The average molecular weight is 1410 g/mol. The number of fused-ring (bicyclic) bond motifs is 14. The van der Waals surface area contributed by atoms with Crippen molar-refractivity contribution in [3.63, 3.8) is 0 Å². The second kappa shape index (κ2) is 27.3. The fourth-order valence-electron chi connectivity index (χ4n) is 12.5. The molecule has 0 aromatic heterocycles. The summed E-state index contributed by atoms with van der Waals surface area (Å²) in [5.74, 6) is -15.0. The second-order valence-electron chi connectivity index (χ2n) is 24.6. The SMILES string of the molecule is CN(Cc1ccc(-c2ccccc2)cc1)Cc1c(O)cc2c(c1O)-c1cc(ccc1O)[C@@H]1NC(=O)[C@H]3NC(=O)[C@H]4NC(=O)[C@H](Cc5ccc(c(Cl)c5)Oc5cc3cc(c5O)Oc3ccc(cc3Cl)C(O)[C@H](NC1=O)C(=O)N[C@@H]2C(=O)O)NC(=O)[C@H](N)c1ccc(O)c(c1)Oc1cc(O)cc4c1. The Hall–Kier alpha value is -12.1. The minimum atomic E-state index is -2.24. The van der Waals surface area contributed by atoms with Crippen LogP contribution >= 0.6 is 23.2 Å². The standard InChI is InChI=1S/C73H60Cl2N8O18/c1-83(30-32-7-10-35(11-8-32)34-5-3-2-4-6-34)31-45-51(87)29-44-57(65(45)89)43-23-37(13-15-49(43)85)59-69(93)82-63(72(96)81-62(44)73(97)98)64(88)38-14-18-53(47(75)24-38)101-56-27-40-26-55(66(56)90)100-52-17-9-33(19-46(52)74)20-48-67(91)78-60(70(94)80-61(40)71(95)79-59)39-21-41(84)28-42(22-39)99-54-25-36(12-16-50(54)86)58(76)68(92)77-48/h2-19,21-29,48,58-64,84-90H,20,30-31,76H2,1H3,(H,77,92)(H,78,91)(H,79,95)(H,80,94)(H,81,96)(H,82,93)(H,97,98)/t48-,58+,59-,60-,61-,62-,63-,64?/m0/s1. The fraction of sp³-hybridized carbons (Fsp3) is 0.164. The van der Waals surface area contributed by atoms with Crippen LogP contribution in [0.5, 0.6) is 69.0 Å². The van der Waals surface area contributed by atoms with E-state index in [-0.39, 0.29) is 85.9 Å². The predicted molar refractivity (Wildman–Crippen MR) is 362 cm³/mol. The Labute approximate surface area is 583 Å². The van der Waals surface area contributed by atoms with Crippen molar-refractivity contribution in [2.24, 2.45) is 5.73 Å². The normalized spacial score (nSPS) is 20.4. The first-order chi connectivity index (χ1) is 48.3. The lowest BCUT2D eigenvalue weighted by Crippen LogP contribution is -2.55. The number of amides is 6. The smallest absolute Gasteiger partial charge is 0.330 e. The number of aliphatic hydroxyl groups excluding tert-OH is 1. The third kappa shape index (κ3) is 13.7. The van der Waals surface area contributed by atoms with Gasteiger partial charge in [0.25, 0.3) is 0 Å². The molecular formula is C73H60Cl2N8O18. The number of carbonyl (C=O) groups excluding carboxylic acids is 6. The molecule has 9 aromatic carbocycles. The van der Waals surface area contributed by atoms with Gasteiger partial charge in [0.1, 0.15) is 82.6 Å². The molecule has 514 valence electrons. The molecule has 6 aliphatic heterocycles. The molecule has 0 aliphatic carbocycles. The molecule has 16 N–H and O–H groups in total. The molecule has 28 heteroatoms. The van der Waals surface area contributed by atoms with E-state index in [4.69, 9.17) is 43.1 Å². The van der Waals surface area contributed by atoms with Gasteiger partial charge in [0.2, 0.25) is 41.2 Å². The van der Waals surface area contributed by atoms with Crippen LogP contribution in [0, 0.1) is 0 Å². The molecule has 26 nitrogen and oxygen atoms in total. The van der Waals surface area contributed by atoms with Crippen LogP contribution in [0.2, 0.25) is 10.0 Å². The number of carboxylic acids is 1. The maximum atomic E-state index is 16.0. The number of aliphatic carboxylic acids is 1. The van der Waals surface area contributed by atoms with Crippen molar-refractivity contribution in [3.05, 3.63) is 224 Å². The van der Waals surface area contributed by atoms with E-state index in [9.17, 15) is 50.4 Å². The number of ether oxygens (including phenoxy) is 3. The number of carbonyl (C=O) groups is 7. The molecule has 0 saturated heterocycles. The zero-order valence-corrected chi connectivity index (χ0v) is 54.3. The van der Waals surface area contributed by atoms with Crippen LogP contribution in [0.4, 0.5) is 0 Å². The van der Waals surface area contributed by atoms with Crippen molar-refractivity contribution in [3.8, 4) is 91.2 Å². The molecule has 0 radical (unpaired) electrons. The van der Waals surface area contributed by atoms with Crippen LogP contribution in [0.3, 0.4) is 0 Å². The van der Waals surface area contributed by atoms with Gasteiger partial charge in [-0.3, -0.25) is 33.7 Å². The summed E-state index contributed by atoms with van der Waals surface area (Å²) < 4.78 is 18.6. The van der Waals surface area contributed by atoms with Gasteiger partial charge in [-0.15, -0.1) is 0 Å². The highest BCUT2D eigenvalue weighted by molar-refractivity contribution is 6.32. The Morgan fingerprint density at radius 1 is 0.515 bits per heavy atom. The number of benzene rings is 9. The molecular weight excluding hydrogens is 1350 g/mol. The molecule has 8 atom stereocenters. The van der Waals surface area contributed by atoms with Crippen LogP contribution in [0.25, 0.3) is 22.3 Å². The van der Waals surface area contributed by atoms with Gasteiger partial charge in [-0.25, -0.2) is 4.79 Å². The maximum absolute atomic E-state index is 16.0. The van der Waals surface area contributed by atoms with Crippen LogP contribution in [0.15, 0.2) is 164 Å². The van der Waals surface area contributed by atoms with Gasteiger partial charge in [-0.05, 0) is 136 Å². The number of hydrogen-bond acceptors (Lipinski definition) is 19. The average Bonchev–Trinajstić information content (AvgIpc) is 0.751. The molecule has 15 rings (SSSR count).